The second kappa shape index (κ2) is 6.58. The first kappa shape index (κ1) is 15.2. The number of benzene rings is 2. The maximum absolute atomic E-state index is 11.9. The number of urea groups is 1. The number of hydrogen-bond donors (Lipinski definition) is 3. The number of aliphatic hydroxyl groups excluding tert-OH is 1. The third kappa shape index (κ3) is 3.73. The van der Waals surface area contributed by atoms with Crippen molar-refractivity contribution in [3.63, 3.8) is 0 Å². The predicted molar refractivity (Wildman–Crippen MR) is 85.5 cm³/mol. The van der Waals surface area contributed by atoms with Crippen molar-refractivity contribution in [2.75, 3.05) is 12.1 Å². The summed E-state index contributed by atoms with van der Waals surface area (Å²) in [6, 6.07) is 12.4. The van der Waals surface area contributed by atoms with Crippen molar-refractivity contribution in [1.29, 1.82) is 0 Å². The SMILES string of the molecule is C[C@@H](O)c1ccc(CNC(=O)Nc2ccc3c(c2)OCO3)cc1. The maximum atomic E-state index is 11.9. The van der Waals surface area contributed by atoms with Gasteiger partial charge in [0.1, 0.15) is 0 Å². The van der Waals surface area contributed by atoms with Crippen LogP contribution < -0.4 is 20.1 Å². The zero-order chi connectivity index (χ0) is 16.2. The van der Waals surface area contributed by atoms with Gasteiger partial charge in [0.15, 0.2) is 11.5 Å². The van der Waals surface area contributed by atoms with E-state index in [0.29, 0.717) is 23.7 Å². The van der Waals surface area contributed by atoms with Crippen molar-refractivity contribution >= 4 is 11.7 Å². The Hall–Kier alpha value is -2.73. The van der Waals surface area contributed by atoms with Crippen LogP contribution in [-0.4, -0.2) is 17.9 Å². The minimum absolute atomic E-state index is 0.202. The Balaban J connectivity index is 1.53. The molecule has 0 aromatic heterocycles. The molecule has 0 radical (unpaired) electrons. The van der Waals surface area contributed by atoms with Gasteiger partial charge < -0.3 is 25.2 Å². The van der Waals surface area contributed by atoms with Crippen LogP contribution in [-0.2, 0) is 6.54 Å². The van der Waals surface area contributed by atoms with Gasteiger partial charge in [0.2, 0.25) is 6.79 Å². The zero-order valence-electron chi connectivity index (χ0n) is 12.7. The van der Waals surface area contributed by atoms with Gasteiger partial charge in [-0.1, -0.05) is 24.3 Å². The molecule has 0 spiro atoms. The summed E-state index contributed by atoms with van der Waals surface area (Å²) in [4.78, 5) is 11.9. The number of anilines is 1. The largest absolute Gasteiger partial charge is 0.454 e. The molecule has 3 N–H and O–H groups in total. The van der Waals surface area contributed by atoms with Gasteiger partial charge in [-0.3, -0.25) is 0 Å². The van der Waals surface area contributed by atoms with Crippen LogP contribution in [0.4, 0.5) is 10.5 Å². The fraction of sp³-hybridized carbons (Fsp3) is 0.235. The average molecular weight is 314 g/mol. The molecule has 3 rings (SSSR count). The number of hydrogen-bond acceptors (Lipinski definition) is 4. The molecule has 2 aromatic carbocycles. The summed E-state index contributed by atoms with van der Waals surface area (Å²) in [5.74, 6) is 1.30. The first-order chi connectivity index (χ1) is 11.1. The number of ether oxygens (including phenoxy) is 2. The van der Waals surface area contributed by atoms with Crippen LogP contribution in [0.3, 0.4) is 0 Å². The number of amides is 2. The molecule has 2 aromatic rings. The number of fused-ring (bicyclic) bond motifs is 1. The molecule has 1 aliphatic heterocycles. The quantitative estimate of drug-likeness (QED) is 0.811. The second-order valence-electron chi connectivity index (χ2n) is 5.29. The first-order valence-electron chi connectivity index (χ1n) is 7.33. The van der Waals surface area contributed by atoms with Crippen molar-refractivity contribution in [3.05, 3.63) is 53.6 Å². The predicted octanol–water partition coefficient (Wildman–Crippen LogP) is 2.79. The molecule has 0 bridgehead atoms. The highest BCUT2D eigenvalue weighted by Gasteiger charge is 2.14. The first-order valence-corrected chi connectivity index (χ1v) is 7.33. The second-order valence-corrected chi connectivity index (χ2v) is 5.29. The van der Waals surface area contributed by atoms with Crippen LogP contribution in [0.15, 0.2) is 42.5 Å². The fourth-order valence-corrected chi connectivity index (χ4v) is 2.25. The molecule has 0 saturated carbocycles. The minimum atomic E-state index is -0.494. The molecule has 120 valence electrons. The molecule has 0 saturated heterocycles. The summed E-state index contributed by atoms with van der Waals surface area (Å²) in [6.07, 6.45) is -0.494. The van der Waals surface area contributed by atoms with Crippen LogP contribution in [0, 0.1) is 0 Å². The number of carbonyl (C=O) groups is 1. The van der Waals surface area contributed by atoms with E-state index < -0.39 is 6.10 Å². The molecule has 0 fully saturated rings. The van der Waals surface area contributed by atoms with E-state index in [-0.39, 0.29) is 12.8 Å². The minimum Gasteiger partial charge on any atom is -0.454 e. The molecule has 6 heteroatoms. The van der Waals surface area contributed by atoms with E-state index in [0.717, 1.165) is 11.1 Å². The number of nitrogens with one attached hydrogen (secondary N) is 2. The molecular weight excluding hydrogens is 296 g/mol. The van der Waals surface area contributed by atoms with Gasteiger partial charge in [0, 0.05) is 18.3 Å². The molecule has 23 heavy (non-hydrogen) atoms. The van der Waals surface area contributed by atoms with Gasteiger partial charge in [-0.15, -0.1) is 0 Å². The summed E-state index contributed by atoms with van der Waals surface area (Å²) in [5, 5.41) is 15.0. The normalized spacial score (nSPS) is 13.5. The van der Waals surface area contributed by atoms with Gasteiger partial charge in [-0.2, -0.15) is 0 Å². The van der Waals surface area contributed by atoms with Gasteiger partial charge in [-0.25, -0.2) is 4.79 Å². The van der Waals surface area contributed by atoms with Crippen molar-refractivity contribution in [1.82, 2.24) is 5.32 Å². The Kier molecular flexibility index (Phi) is 4.34. The lowest BCUT2D eigenvalue weighted by Gasteiger charge is -2.09. The average Bonchev–Trinajstić information content (AvgIpc) is 3.01. The van der Waals surface area contributed by atoms with Gasteiger partial charge in [0.25, 0.3) is 0 Å². The van der Waals surface area contributed by atoms with E-state index in [9.17, 15) is 9.90 Å². The molecule has 1 aliphatic rings. The lowest BCUT2D eigenvalue weighted by molar-refractivity contribution is 0.174. The summed E-state index contributed by atoms with van der Waals surface area (Å²) >= 11 is 0. The topological polar surface area (TPSA) is 79.8 Å². The Bertz CT molecular complexity index is 698. The third-order valence-corrected chi connectivity index (χ3v) is 3.55. The van der Waals surface area contributed by atoms with Gasteiger partial charge in [-0.05, 0) is 30.2 Å². The maximum Gasteiger partial charge on any atom is 0.319 e. The summed E-state index contributed by atoms with van der Waals surface area (Å²) in [7, 11) is 0. The standard InChI is InChI=1S/C17H18N2O4/c1-11(20)13-4-2-12(3-5-13)9-18-17(21)19-14-6-7-15-16(8-14)23-10-22-15/h2-8,11,20H,9-10H2,1H3,(H2,18,19,21)/t11-/m1/s1. The summed E-state index contributed by atoms with van der Waals surface area (Å²) in [5.41, 5.74) is 2.44. The monoisotopic (exact) mass is 314 g/mol. The van der Waals surface area contributed by atoms with Crippen molar-refractivity contribution in [2.24, 2.45) is 0 Å². The lowest BCUT2D eigenvalue weighted by atomic mass is 10.1. The van der Waals surface area contributed by atoms with E-state index in [1.165, 1.54) is 0 Å². The zero-order valence-corrected chi connectivity index (χ0v) is 12.7. The highest BCUT2D eigenvalue weighted by Crippen LogP contribution is 2.34. The van der Waals surface area contributed by atoms with Gasteiger partial charge >= 0.3 is 6.03 Å². The van der Waals surface area contributed by atoms with Gasteiger partial charge in [0.05, 0.1) is 6.10 Å². The van der Waals surface area contributed by atoms with Crippen LogP contribution in [0.25, 0.3) is 0 Å². The van der Waals surface area contributed by atoms with E-state index in [1.807, 2.05) is 24.3 Å². The highest BCUT2D eigenvalue weighted by atomic mass is 16.7. The van der Waals surface area contributed by atoms with E-state index in [2.05, 4.69) is 10.6 Å². The molecule has 1 atom stereocenters. The van der Waals surface area contributed by atoms with Crippen molar-refractivity contribution < 1.29 is 19.4 Å². The fourth-order valence-electron chi connectivity index (χ4n) is 2.25. The van der Waals surface area contributed by atoms with E-state index in [1.54, 1.807) is 25.1 Å². The molecule has 0 aliphatic carbocycles. The Labute approximate surface area is 134 Å². The highest BCUT2D eigenvalue weighted by molar-refractivity contribution is 5.89. The van der Waals surface area contributed by atoms with Crippen LogP contribution in [0.2, 0.25) is 0 Å². The van der Waals surface area contributed by atoms with E-state index in [4.69, 9.17) is 9.47 Å². The number of rotatable bonds is 4. The molecule has 0 unspecified atom stereocenters. The van der Waals surface area contributed by atoms with Crippen LogP contribution >= 0.6 is 0 Å². The Morgan fingerprint density at radius 1 is 1.17 bits per heavy atom. The molecule has 2 amide bonds. The molecular formula is C17H18N2O4. The van der Waals surface area contributed by atoms with Crippen molar-refractivity contribution in [2.45, 2.75) is 19.6 Å². The smallest absolute Gasteiger partial charge is 0.319 e. The molecule has 6 nitrogen and oxygen atoms in total. The lowest BCUT2D eigenvalue weighted by Crippen LogP contribution is -2.28. The summed E-state index contributed by atoms with van der Waals surface area (Å²) < 4.78 is 10.5. The summed E-state index contributed by atoms with van der Waals surface area (Å²) in [6.45, 7) is 2.32. The van der Waals surface area contributed by atoms with Crippen molar-refractivity contribution in [3.8, 4) is 11.5 Å². The van der Waals surface area contributed by atoms with Crippen LogP contribution in [0.1, 0.15) is 24.2 Å². The Morgan fingerprint density at radius 3 is 2.65 bits per heavy atom. The number of carbonyl (C=O) groups excluding carboxylic acids is 1. The van der Waals surface area contributed by atoms with Crippen LogP contribution in [0.5, 0.6) is 11.5 Å². The third-order valence-electron chi connectivity index (χ3n) is 3.55. The van der Waals surface area contributed by atoms with E-state index >= 15 is 0 Å². The number of aliphatic hydroxyl groups is 1. The Morgan fingerprint density at radius 2 is 1.91 bits per heavy atom. The molecule has 1 heterocycles.